The third kappa shape index (κ3) is 4.84. The molecule has 0 spiro atoms. The molecule has 0 radical (unpaired) electrons. The largest absolute Gasteiger partial charge is 0.350 e. The first-order valence-electron chi connectivity index (χ1n) is 8.93. The number of nitrogens with one attached hydrogen (secondary N) is 1. The van der Waals surface area contributed by atoms with Crippen molar-refractivity contribution >= 4 is 34.8 Å². The molecule has 1 fully saturated rings. The second-order valence-corrected chi connectivity index (χ2v) is 7.82. The highest BCUT2D eigenvalue weighted by Gasteiger charge is 2.28. The van der Waals surface area contributed by atoms with Gasteiger partial charge in [-0.1, -0.05) is 18.5 Å². The van der Waals surface area contributed by atoms with Crippen LogP contribution in [0, 0.1) is 5.82 Å². The number of hydrogen-bond acceptors (Lipinski definition) is 4. The molecule has 1 N–H and O–H groups in total. The average molecular weight is 410 g/mol. The summed E-state index contributed by atoms with van der Waals surface area (Å²) in [6, 6.07) is 3.84. The number of thiazole rings is 1. The van der Waals surface area contributed by atoms with Gasteiger partial charge in [-0.25, -0.2) is 9.37 Å². The number of benzene rings is 1. The maximum Gasteiger partial charge on any atom is 0.255 e. The van der Waals surface area contributed by atoms with Gasteiger partial charge in [0.2, 0.25) is 5.91 Å². The normalized spacial score (nSPS) is 17.0. The lowest BCUT2D eigenvalue weighted by Gasteiger charge is -2.32. The van der Waals surface area contributed by atoms with E-state index in [1.165, 1.54) is 12.1 Å². The molecule has 1 saturated heterocycles. The molecule has 2 heterocycles. The van der Waals surface area contributed by atoms with E-state index in [9.17, 15) is 14.0 Å². The zero-order valence-corrected chi connectivity index (χ0v) is 16.6. The maximum absolute atomic E-state index is 13.2. The molecule has 0 bridgehead atoms. The highest BCUT2D eigenvalue weighted by Crippen LogP contribution is 2.31. The SMILES string of the molecule is CCC(=O)NCc1csc([C@H]2CCCN(C(=O)c3ccc(F)cc3Cl)C2)n1. The van der Waals surface area contributed by atoms with Gasteiger partial charge in [0.25, 0.3) is 5.91 Å². The number of piperidine rings is 1. The number of hydrogen-bond donors (Lipinski definition) is 1. The zero-order chi connectivity index (χ0) is 19.4. The Balaban J connectivity index is 1.66. The first-order valence-corrected chi connectivity index (χ1v) is 10.2. The van der Waals surface area contributed by atoms with Gasteiger partial charge < -0.3 is 10.2 Å². The van der Waals surface area contributed by atoms with Crippen molar-refractivity contribution in [2.24, 2.45) is 0 Å². The molecule has 1 atom stereocenters. The van der Waals surface area contributed by atoms with Crippen molar-refractivity contribution in [1.29, 1.82) is 0 Å². The van der Waals surface area contributed by atoms with Gasteiger partial charge in [-0.2, -0.15) is 0 Å². The minimum Gasteiger partial charge on any atom is -0.350 e. The highest BCUT2D eigenvalue weighted by molar-refractivity contribution is 7.09. The molecule has 8 heteroatoms. The average Bonchev–Trinajstić information content (AvgIpc) is 3.15. The number of rotatable bonds is 5. The monoisotopic (exact) mass is 409 g/mol. The Kier molecular flexibility index (Phi) is 6.44. The molecular formula is C19H21ClFN3O2S. The summed E-state index contributed by atoms with van der Waals surface area (Å²) in [5, 5.41) is 5.87. The predicted molar refractivity (Wildman–Crippen MR) is 104 cm³/mol. The van der Waals surface area contributed by atoms with Gasteiger partial charge >= 0.3 is 0 Å². The van der Waals surface area contributed by atoms with Gasteiger partial charge in [0, 0.05) is 30.8 Å². The van der Waals surface area contributed by atoms with E-state index in [1.807, 2.05) is 12.3 Å². The van der Waals surface area contributed by atoms with E-state index in [0.717, 1.165) is 29.6 Å². The summed E-state index contributed by atoms with van der Waals surface area (Å²) in [6.45, 7) is 3.43. The van der Waals surface area contributed by atoms with E-state index in [2.05, 4.69) is 10.3 Å². The number of aromatic nitrogens is 1. The summed E-state index contributed by atoms with van der Waals surface area (Å²) >= 11 is 7.59. The van der Waals surface area contributed by atoms with Crippen LogP contribution in [0.25, 0.3) is 0 Å². The smallest absolute Gasteiger partial charge is 0.255 e. The van der Waals surface area contributed by atoms with Gasteiger partial charge in [-0.05, 0) is 31.0 Å². The quantitative estimate of drug-likeness (QED) is 0.812. The van der Waals surface area contributed by atoms with Crippen molar-refractivity contribution in [2.45, 2.75) is 38.6 Å². The molecule has 2 aromatic rings. The number of halogens is 2. The molecule has 2 amide bonds. The number of carbonyl (C=O) groups excluding carboxylic acids is 2. The van der Waals surface area contributed by atoms with E-state index in [0.29, 0.717) is 31.6 Å². The topological polar surface area (TPSA) is 62.3 Å². The minimum atomic E-state index is -0.460. The van der Waals surface area contributed by atoms with Gasteiger partial charge in [0.05, 0.1) is 27.8 Å². The van der Waals surface area contributed by atoms with Crippen LogP contribution in [0.5, 0.6) is 0 Å². The van der Waals surface area contributed by atoms with E-state index >= 15 is 0 Å². The summed E-state index contributed by atoms with van der Waals surface area (Å²) in [5.74, 6) is -0.493. The van der Waals surface area contributed by atoms with E-state index < -0.39 is 5.82 Å². The minimum absolute atomic E-state index is 0.00448. The Labute approximate surface area is 166 Å². The van der Waals surface area contributed by atoms with Crippen LogP contribution < -0.4 is 5.32 Å². The molecule has 1 aromatic heterocycles. The molecule has 5 nitrogen and oxygen atoms in total. The van der Waals surface area contributed by atoms with Crippen LogP contribution in [0.4, 0.5) is 4.39 Å². The molecule has 1 aromatic carbocycles. The summed E-state index contributed by atoms with van der Waals surface area (Å²) in [6.07, 6.45) is 2.27. The Morgan fingerprint density at radius 3 is 3.00 bits per heavy atom. The van der Waals surface area contributed by atoms with Crippen LogP contribution >= 0.6 is 22.9 Å². The third-order valence-electron chi connectivity index (χ3n) is 4.58. The zero-order valence-electron chi connectivity index (χ0n) is 15.0. The van der Waals surface area contributed by atoms with Crippen molar-refractivity contribution in [1.82, 2.24) is 15.2 Å². The number of likely N-dealkylation sites (tertiary alicyclic amines) is 1. The Bertz CT molecular complexity index is 842. The van der Waals surface area contributed by atoms with E-state index in [1.54, 1.807) is 16.2 Å². The second-order valence-electron chi connectivity index (χ2n) is 6.52. The molecule has 0 unspecified atom stereocenters. The third-order valence-corrected chi connectivity index (χ3v) is 5.95. The lowest BCUT2D eigenvalue weighted by Crippen LogP contribution is -2.39. The number of carbonyl (C=O) groups is 2. The van der Waals surface area contributed by atoms with Crippen LogP contribution in [0.15, 0.2) is 23.6 Å². The van der Waals surface area contributed by atoms with E-state index in [-0.39, 0.29) is 22.8 Å². The fourth-order valence-electron chi connectivity index (χ4n) is 3.10. The van der Waals surface area contributed by atoms with E-state index in [4.69, 9.17) is 11.6 Å². The van der Waals surface area contributed by atoms with Crippen molar-refractivity contribution in [2.75, 3.05) is 13.1 Å². The molecule has 27 heavy (non-hydrogen) atoms. The summed E-state index contributed by atoms with van der Waals surface area (Å²) in [5.41, 5.74) is 1.16. The second kappa shape index (κ2) is 8.80. The van der Waals surface area contributed by atoms with Crippen LogP contribution in [0.2, 0.25) is 5.02 Å². The van der Waals surface area contributed by atoms with Gasteiger partial charge in [0.1, 0.15) is 5.82 Å². The molecular weight excluding hydrogens is 389 g/mol. The van der Waals surface area contributed by atoms with Gasteiger partial charge in [-0.15, -0.1) is 11.3 Å². The molecule has 1 aliphatic heterocycles. The summed E-state index contributed by atoms with van der Waals surface area (Å²) in [4.78, 5) is 30.5. The Morgan fingerprint density at radius 1 is 1.44 bits per heavy atom. The molecule has 144 valence electrons. The first-order chi connectivity index (χ1) is 13.0. The van der Waals surface area contributed by atoms with Gasteiger partial charge in [0.15, 0.2) is 0 Å². The maximum atomic E-state index is 13.2. The van der Waals surface area contributed by atoms with Crippen molar-refractivity contribution in [3.63, 3.8) is 0 Å². The Hall–Kier alpha value is -1.99. The van der Waals surface area contributed by atoms with Crippen LogP contribution in [0.1, 0.15) is 53.2 Å². The Morgan fingerprint density at radius 2 is 2.26 bits per heavy atom. The predicted octanol–water partition coefficient (Wildman–Crippen LogP) is 3.98. The number of amides is 2. The lowest BCUT2D eigenvalue weighted by molar-refractivity contribution is -0.120. The molecule has 0 aliphatic carbocycles. The van der Waals surface area contributed by atoms with Crippen molar-refractivity contribution in [3.05, 3.63) is 50.7 Å². The standard InChI is InChI=1S/C19H21ClFN3O2S/c1-2-17(25)22-9-14-11-27-18(23-14)12-4-3-7-24(10-12)19(26)15-6-5-13(21)8-16(15)20/h5-6,8,11-12H,2-4,7,9-10H2,1H3,(H,22,25)/t12-/m0/s1. The summed E-state index contributed by atoms with van der Waals surface area (Å²) < 4.78 is 13.2. The fraction of sp³-hybridized carbons (Fsp3) is 0.421. The number of nitrogens with zero attached hydrogens (tertiary/aromatic N) is 2. The lowest BCUT2D eigenvalue weighted by atomic mass is 9.98. The van der Waals surface area contributed by atoms with Crippen molar-refractivity contribution in [3.8, 4) is 0 Å². The molecule has 1 aliphatic rings. The fourth-order valence-corrected chi connectivity index (χ4v) is 4.30. The first kappa shape index (κ1) is 19.8. The van der Waals surface area contributed by atoms with Crippen molar-refractivity contribution < 1.29 is 14.0 Å². The van der Waals surface area contributed by atoms with Crippen LogP contribution in [-0.2, 0) is 11.3 Å². The highest BCUT2D eigenvalue weighted by atomic mass is 35.5. The molecule has 0 saturated carbocycles. The van der Waals surface area contributed by atoms with Crippen LogP contribution in [0.3, 0.4) is 0 Å². The molecule has 3 rings (SSSR count). The van der Waals surface area contributed by atoms with Gasteiger partial charge in [-0.3, -0.25) is 9.59 Å². The summed E-state index contributed by atoms with van der Waals surface area (Å²) in [7, 11) is 0. The van der Waals surface area contributed by atoms with Crippen LogP contribution in [-0.4, -0.2) is 34.8 Å².